The average molecular weight is 240 g/mol. The Balaban J connectivity index is 2.74. The SMILES string of the molecule is O=C(O)CCC1CCCCC1(O)C(F)(F)F. The van der Waals surface area contributed by atoms with Crippen LogP contribution in [-0.2, 0) is 4.79 Å². The summed E-state index contributed by atoms with van der Waals surface area (Å²) in [6.45, 7) is 0. The molecule has 1 rings (SSSR count). The van der Waals surface area contributed by atoms with Crippen molar-refractivity contribution in [3.8, 4) is 0 Å². The lowest BCUT2D eigenvalue weighted by molar-refractivity contribution is -0.289. The number of hydrogen-bond acceptors (Lipinski definition) is 2. The third-order valence-corrected chi connectivity index (χ3v) is 3.23. The van der Waals surface area contributed by atoms with Crippen molar-refractivity contribution in [3.63, 3.8) is 0 Å². The molecule has 2 N–H and O–H groups in total. The van der Waals surface area contributed by atoms with Crippen molar-refractivity contribution in [1.29, 1.82) is 0 Å². The molecule has 1 saturated carbocycles. The monoisotopic (exact) mass is 240 g/mol. The van der Waals surface area contributed by atoms with E-state index in [4.69, 9.17) is 5.11 Å². The molecule has 0 aromatic heterocycles. The summed E-state index contributed by atoms with van der Waals surface area (Å²) in [4.78, 5) is 10.3. The highest BCUT2D eigenvalue weighted by atomic mass is 19.4. The van der Waals surface area contributed by atoms with Gasteiger partial charge in [0.25, 0.3) is 0 Å². The number of alkyl halides is 3. The number of halogens is 3. The Labute approximate surface area is 91.3 Å². The Kier molecular flexibility index (Phi) is 3.83. The minimum absolute atomic E-state index is 0.120. The van der Waals surface area contributed by atoms with Crippen molar-refractivity contribution in [2.75, 3.05) is 0 Å². The van der Waals surface area contributed by atoms with E-state index in [-0.39, 0.29) is 25.7 Å². The van der Waals surface area contributed by atoms with E-state index >= 15 is 0 Å². The zero-order valence-corrected chi connectivity index (χ0v) is 8.76. The van der Waals surface area contributed by atoms with E-state index in [0.29, 0.717) is 12.8 Å². The molecule has 2 unspecified atom stereocenters. The first-order chi connectivity index (χ1) is 7.27. The quantitative estimate of drug-likeness (QED) is 0.796. The lowest BCUT2D eigenvalue weighted by atomic mass is 9.73. The van der Waals surface area contributed by atoms with Crippen LogP contribution in [0.3, 0.4) is 0 Å². The van der Waals surface area contributed by atoms with E-state index in [0.717, 1.165) is 0 Å². The van der Waals surface area contributed by atoms with Gasteiger partial charge in [-0.05, 0) is 25.2 Å². The Hall–Kier alpha value is -0.780. The summed E-state index contributed by atoms with van der Waals surface area (Å²) in [6.07, 6.45) is -4.25. The van der Waals surface area contributed by atoms with Crippen molar-refractivity contribution >= 4 is 5.97 Å². The van der Waals surface area contributed by atoms with Crippen LogP contribution in [0.1, 0.15) is 38.5 Å². The first-order valence-corrected chi connectivity index (χ1v) is 5.28. The van der Waals surface area contributed by atoms with Gasteiger partial charge in [-0.3, -0.25) is 4.79 Å². The standard InChI is InChI=1S/C10H15F3O3/c11-10(12,13)9(16)6-2-1-3-7(9)4-5-8(14)15/h7,16H,1-6H2,(H,14,15). The average Bonchev–Trinajstić information content (AvgIpc) is 2.14. The van der Waals surface area contributed by atoms with Gasteiger partial charge in [0.05, 0.1) is 0 Å². The van der Waals surface area contributed by atoms with Gasteiger partial charge in [-0.15, -0.1) is 0 Å². The van der Waals surface area contributed by atoms with Crippen molar-refractivity contribution < 1.29 is 28.2 Å². The van der Waals surface area contributed by atoms with Gasteiger partial charge in [-0.2, -0.15) is 13.2 Å². The molecular formula is C10H15F3O3. The van der Waals surface area contributed by atoms with Crippen molar-refractivity contribution in [2.24, 2.45) is 5.92 Å². The van der Waals surface area contributed by atoms with E-state index in [2.05, 4.69) is 0 Å². The predicted molar refractivity (Wildman–Crippen MR) is 49.8 cm³/mol. The van der Waals surface area contributed by atoms with Crippen LogP contribution in [-0.4, -0.2) is 28.0 Å². The summed E-state index contributed by atoms with van der Waals surface area (Å²) in [5.41, 5.74) is -2.69. The lowest BCUT2D eigenvalue weighted by Crippen LogP contribution is -2.53. The molecule has 0 bridgehead atoms. The fourth-order valence-electron chi connectivity index (χ4n) is 2.28. The van der Waals surface area contributed by atoms with Crippen molar-refractivity contribution in [1.82, 2.24) is 0 Å². The second-order valence-corrected chi connectivity index (χ2v) is 4.30. The molecule has 2 atom stereocenters. The Morgan fingerprint density at radius 1 is 1.38 bits per heavy atom. The van der Waals surface area contributed by atoms with Crippen LogP contribution in [0.2, 0.25) is 0 Å². The third-order valence-electron chi connectivity index (χ3n) is 3.23. The van der Waals surface area contributed by atoms with Crippen LogP contribution in [0.25, 0.3) is 0 Å². The number of carbonyl (C=O) groups is 1. The Bertz CT molecular complexity index is 265. The highest BCUT2D eigenvalue weighted by Crippen LogP contribution is 2.46. The molecule has 1 aliphatic rings. The molecule has 6 heteroatoms. The predicted octanol–water partition coefficient (Wildman–Crippen LogP) is 2.33. The van der Waals surface area contributed by atoms with Crippen LogP contribution in [0, 0.1) is 5.92 Å². The molecule has 0 aromatic carbocycles. The zero-order chi connectivity index (χ0) is 12.4. The first kappa shape index (κ1) is 13.3. The van der Waals surface area contributed by atoms with E-state index in [9.17, 15) is 23.1 Å². The van der Waals surface area contributed by atoms with Gasteiger partial charge < -0.3 is 10.2 Å². The fraction of sp³-hybridized carbons (Fsp3) is 0.900. The number of hydrogen-bond donors (Lipinski definition) is 2. The molecule has 0 amide bonds. The van der Waals surface area contributed by atoms with Gasteiger partial charge in [-0.1, -0.05) is 12.8 Å². The van der Waals surface area contributed by atoms with Crippen LogP contribution < -0.4 is 0 Å². The van der Waals surface area contributed by atoms with Gasteiger partial charge in [0, 0.05) is 6.42 Å². The van der Waals surface area contributed by atoms with Gasteiger partial charge >= 0.3 is 12.1 Å². The van der Waals surface area contributed by atoms with Crippen LogP contribution in [0.4, 0.5) is 13.2 Å². The summed E-state index contributed by atoms with van der Waals surface area (Å²) in [6, 6.07) is 0. The first-order valence-electron chi connectivity index (χ1n) is 5.28. The Morgan fingerprint density at radius 2 is 2.00 bits per heavy atom. The van der Waals surface area contributed by atoms with Gasteiger partial charge in [0.1, 0.15) is 0 Å². The molecule has 0 aromatic rings. The number of carboxylic acid groups (broad SMARTS) is 1. The van der Waals surface area contributed by atoms with E-state index in [1.165, 1.54) is 0 Å². The van der Waals surface area contributed by atoms with Crippen LogP contribution in [0.15, 0.2) is 0 Å². The maximum absolute atomic E-state index is 12.7. The molecule has 94 valence electrons. The highest BCUT2D eigenvalue weighted by molar-refractivity contribution is 5.66. The number of aliphatic hydroxyl groups is 1. The van der Waals surface area contributed by atoms with Crippen LogP contribution in [0.5, 0.6) is 0 Å². The number of aliphatic carboxylic acids is 1. The summed E-state index contributed by atoms with van der Waals surface area (Å²) < 4.78 is 38.1. The van der Waals surface area contributed by atoms with Gasteiger partial charge in [0.2, 0.25) is 0 Å². The fourth-order valence-corrected chi connectivity index (χ4v) is 2.28. The lowest BCUT2D eigenvalue weighted by Gasteiger charge is -2.41. The van der Waals surface area contributed by atoms with Crippen molar-refractivity contribution in [3.05, 3.63) is 0 Å². The summed E-state index contributed by atoms with van der Waals surface area (Å²) >= 11 is 0. The normalized spacial score (nSPS) is 31.4. The maximum Gasteiger partial charge on any atom is 0.417 e. The molecule has 1 aliphatic carbocycles. The van der Waals surface area contributed by atoms with E-state index in [1.807, 2.05) is 0 Å². The topological polar surface area (TPSA) is 57.5 Å². The van der Waals surface area contributed by atoms with Gasteiger partial charge in [-0.25, -0.2) is 0 Å². The molecule has 3 nitrogen and oxygen atoms in total. The highest BCUT2D eigenvalue weighted by Gasteiger charge is 2.58. The molecule has 1 fully saturated rings. The minimum Gasteiger partial charge on any atom is -0.481 e. The molecule has 0 spiro atoms. The van der Waals surface area contributed by atoms with E-state index < -0.39 is 23.7 Å². The number of carboxylic acids is 1. The molecule has 0 aliphatic heterocycles. The molecule has 0 heterocycles. The molecule has 0 saturated heterocycles. The summed E-state index contributed by atoms with van der Waals surface area (Å²) in [5, 5.41) is 18.1. The number of rotatable bonds is 3. The molecule has 0 radical (unpaired) electrons. The largest absolute Gasteiger partial charge is 0.481 e. The van der Waals surface area contributed by atoms with Gasteiger partial charge in [0.15, 0.2) is 5.60 Å². The maximum atomic E-state index is 12.7. The Morgan fingerprint density at radius 3 is 2.50 bits per heavy atom. The second kappa shape index (κ2) is 4.61. The molecule has 16 heavy (non-hydrogen) atoms. The third kappa shape index (κ3) is 2.66. The minimum atomic E-state index is -4.67. The second-order valence-electron chi connectivity index (χ2n) is 4.30. The summed E-state index contributed by atoms with van der Waals surface area (Å²) in [5.74, 6) is -2.12. The smallest absolute Gasteiger partial charge is 0.417 e. The molecular weight excluding hydrogens is 225 g/mol. The van der Waals surface area contributed by atoms with Crippen molar-refractivity contribution in [2.45, 2.75) is 50.3 Å². The zero-order valence-electron chi connectivity index (χ0n) is 8.76. The summed E-state index contributed by atoms with van der Waals surface area (Å²) in [7, 11) is 0. The van der Waals surface area contributed by atoms with E-state index in [1.54, 1.807) is 0 Å². The van der Waals surface area contributed by atoms with Crippen LogP contribution >= 0.6 is 0 Å².